The van der Waals surface area contributed by atoms with Gasteiger partial charge in [-0.1, -0.05) is 46.3 Å². The Morgan fingerprint density at radius 3 is 2.48 bits per heavy atom. The molecule has 0 aliphatic rings. The molecule has 1 nitrogen and oxygen atoms in total. The molecule has 1 atom stereocenters. The van der Waals surface area contributed by atoms with Gasteiger partial charge in [-0.25, -0.2) is 0 Å². The lowest BCUT2D eigenvalue weighted by Gasteiger charge is -2.19. The van der Waals surface area contributed by atoms with Crippen LogP contribution in [0.2, 0.25) is 0 Å². The van der Waals surface area contributed by atoms with Crippen LogP contribution in [-0.2, 0) is 12.7 Å². The fourth-order valence-corrected chi connectivity index (χ4v) is 2.61. The number of hydrogen-bond donors (Lipinski definition) is 1. The maximum atomic E-state index is 13.0. The van der Waals surface area contributed by atoms with Crippen LogP contribution in [0.15, 0.2) is 53.0 Å². The fraction of sp³-hybridized carbons (Fsp3) is 0.250. The molecule has 1 unspecified atom stereocenters. The summed E-state index contributed by atoms with van der Waals surface area (Å²) in [4.78, 5) is 0. The Labute approximate surface area is 130 Å². The minimum atomic E-state index is -4.33. The summed E-state index contributed by atoms with van der Waals surface area (Å²) < 4.78 is 39.9. The van der Waals surface area contributed by atoms with Crippen molar-refractivity contribution in [2.45, 2.75) is 25.7 Å². The van der Waals surface area contributed by atoms with Crippen LogP contribution < -0.4 is 5.32 Å². The molecule has 2 rings (SSSR count). The highest BCUT2D eigenvalue weighted by molar-refractivity contribution is 9.10. The number of rotatable bonds is 4. The van der Waals surface area contributed by atoms with E-state index in [-0.39, 0.29) is 11.6 Å². The van der Waals surface area contributed by atoms with E-state index in [0.717, 1.165) is 16.1 Å². The van der Waals surface area contributed by atoms with Crippen LogP contribution in [0, 0.1) is 0 Å². The number of alkyl halides is 3. The van der Waals surface area contributed by atoms with Crippen LogP contribution >= 0.6 is 15.9 Å². The second-order valence-corrected chi connectivity index (χ2v) is 5.73. The van der Waals surface area contributed by atoms with Crippen molar-refractivity contribution in [2.75, 3.05) is 0 Å². The van der Waals surface area contributed by atoms with Crippen molar-refractivity contribution < 1.29 is 13.2 Å². The van der Waals surface area contributed by atoms with E-state index in [1.165, 1.54) is 12.1 Å². The van der Waals surface area contributed by atoms with Crippen molar-refractivity contribution in [3.63, 3.8) is 0 Å². The molecule has 0 bridgehead atoms. The molecule has 21 heavy (non-hydrogen) atoms. The molecule has 2 aromatic rings. The van der Waals surface area contributed by atoms with Crippen molar-refractivity contribution in [2.24, 2.45) is 0 Å². The summed E-state index contributed by atoms with van der Waals surface area (Å²) in [5.74, 6) is 0. The first-order valence-corrected chi connectivity index (χ1v) is 7.31. The van der Waals surface area contributed by atoms with Crippen molar-refractivity contribution >= 4 is 15.9 Å². The number of nitrogens with one attached hydrogen (secondary N) is 1. The first-order valence-electron chi connectivity index (χ1n) is 6.52. The minimum absolute atomic E-state index is 0.264. The zero-order valence-corrected chi connectivity index (χ0v) is 13.0. The topological polar surface area (TPSA) is 12.0 Å². The summed E-state index contributed by atoms with van der Waals surface area (Å²) in [5, 5.41) is 3.13. The molecule has 0 amide bonds. The SMILES string of the molecule is CC(NCc1cccc(Br)c1)c1ccccc1C(F)(F)F. The Morgan fingerprint density at radius 2 is 1.81 bits per heavy atom. The summed E-state index contributed by atoms with van der Waals surface area (Å²) in [6, 6.07) is 13.0. The van der Waals surface area contributed by atoms with Gasteiger partial charge in [-0.15, -0.1) is 0 Å². The third-order valence-corrected chi connectivity index (χ3v) is 3.73. The highest BCUT2D eigenvalue weighted by atomic mass is 79.9. The Kier molecular flexibility index (Phi) is 5.06. The fourth-order valence-electron chi connectivity index (χ4n) is 2.16. The van der Waals surface area contributed by atoms with Crippen LogP contribution in [0.4, 0.5) is 13.2 Å². The van der Waals surface area contributed by atoms with E-state index in [1.807, 2.05) is 24.3 Å². The Balaban J connectivity index is 2.12. The van der Waals surface area contributed by atoms with Gasteiger partial charge in [0.1, 0.15) is 0 Å². The average Bonchev–Trinajstić information content (AvgIpc) is 2.44. The molecule has 0 spiro atoms. The molecule has 112 valence electrons. The number of hydrogen-bond acceptors (Lipinski definition) is 1. The van der Waals surface area contributed by atoms with Gasteiger partial charge in [0.2, 0.25) is 0 Å². The van der Waals surface area contributed by atoms with E-state index >= 15 is 0 Å². The van der Waals surface area contributed by atoms with E-state index < -0.39 is 11.7 Å². The summed E-state index contributed by atoms with van der Waals surface area (Å²) in [5.41, 5.74) is 0.694. The molecule has 0 heterocycles. The molecule has 5 heteroatoms. The van der Waals surface area contributed by atoms with Gasteiger partial charge in [0.25, 0.3) is 0 Å². The third-order valence-electron chi connectivity index (χ3n) is 3.23. The van der Waals surface area contributed by atoms with E-state index in [9.17, 15) is 13.2 Å². The van der Waals surface area contributed by atoms with Crippen LogP contribution in [0.5, 0.6) is 0 Å². The number of benzene rings is 2. The van der Waals surface area contributed by atoms with Crippen molar-refractivity contribution in [3.05, 3.63) is 69.7 Å². The van der Waals surface area contributed by atoms with E-state index in [0.29, 0.717) is 6.54 Å². The zero-order chi connectivity index (χ0) is 15.5. The van der Waals surface area contributed by atoms with Crippen LogP contribution in [0.1, 0.15) is 29.7 Å². The van der Waals surface area contributed by atoms with Crippen molar-refractivity contribution in [1.82, 2.24) is 5.32 Å². The van der Waals surface area contributed by atoms with Gasteiger partial charge in [-0.2, -0.15) is 13.2 Å². The molecule has 0 aromatic heterocycles. The molecule has 0 radical (unpaired) electrons. The normalized spacial score (nSPS) is 13.2. The maximum absolute atomic E-state index is 13.0. The van der Waals surface area contributed by atoms with Crippen LogP contribution in [0.3, 0.4) is 0 Å². The van der Waals surface area contributed by atoms with E-state index in [4.69, 9.17) is 0 Å². The first kappa shape index (κ1) is 16.0. The molecular weight excluding hydrogens is 343 g/mol. The lowest BCUT2D eigenvalue weighted by atomic mass is 10.0. The number of halogens is 4. The summed E-state index contributed by atoms with van der Waals surface area (Å²) in [6.45, 7) is 2.25. The summed E-state index contributed by atoms with van der Waals surface area (Å²) in [7, 11) is 0. The predicted octanol–water partition coefficient (Wildman–Crippen LogP) is 5.32. The van der Waals surface area contributed by atoms with Crippen LogP contribution in [-0.4, -0.2) is 0 Å². The van der Waals surface area contributed by atoms with Gasteiger partial charge in [-0.3, -0.25) is 0 Å². The Hall–Kier alpha value is -1.33. The molecule has 0 fully saturated rings. The van der Waals surface area contributed by atoms with E-state index in [1.54, 1.807) is 13.0 Å². The maximum Gasteiger partial charge on any atom is 0.416 e. The predicted molar refractivity (Wildman–Crippen MR) is 80.8 cm³/mol. The van der Waals surface area contributed by atoms with Gasteiger partial charge in [-0.05, 0) is 36.2 Å². The molecule has 0 aliphatic heterocycles. The standard InChI is InChI=1S/C16H15BrF3N/c1-11(21-10-12-5-4-6-13(17)9-12)14-7-2-3-8-15(14)16(18,19)20/h2-9,11,21H,10H2,1H3. The lowest BCUT2D eigenvalue weighted by molar-refractivity contribution is -0.138. The van der Waals surface area contributed by atoms with Crippen molar-refractivity contribution in [1.29, 1.82) is 0 Å². The van der Waals surface area contributed by atoms with Gasteiger partial charge in [0.05, 0.1) is 5.56 Å². The second kappa shape index (κ2) is 6.62. The molecule has 0 saturated heterocycles. The largest absolute Gasteiger partial charge is 0.416 e. The summed E-state index contributed by atoms with van der Waals surface area (Å²) in [6.07, 6.45) is -4.33. The smallest absolute Gasteiger partial charge is 0.306 e. The molecule has 2 aromatic carbocycles. The monoisotopic (exact) mass is 357 g/mol. The van der Waals surface area contributed by atoms with Gasteiger partial charge in [0.15, 0.2) is 0 Å². The minimum Gasteiger partial charge on any atom is -0.306 e. The lowest BCUT2D eigenvalue weighted by Crippen LogP contribution is -2.21. The molecule has 0 saturated carbocycles. The zero-order valence-electron chi connectivity index (χ0n) is 11.4. The first-order chi connectivity index (χ1) is 9.88. The van der Waals surface area contributed by atoms with Gasteiger partial charge in [0, 0.05) is 17.1 Å². The van der Waals surface area contributed by atoms with Crippen LogP contribution in [0.25, 0.3) is 0 Å². The highest BCUT2D eigenvalue weighted by Gasteiger charge is 2.33. The van der Waals surface area contributed by atoms with E-state index in [2.05, 4.69) is 21.2 Å². The van der Waals surface area contributed by atoms with Crippen molar-refractivity contribution in [3.8, 4) is 0 Å². The highest BCUT2D eigenvalue weighted by Crippen LogP contribution is 2.34. The Morgan fingerprint density at radius 1 is 1.10 bits per heavy atom. The average molecular weight is 358 g/mol. The quantitative estimate of drug-likeness (QED) is 0.780. The molecule has 1 N–H and O–H groups in total. The summed E-state index contributed by atoms with van der Waals surface area (Å²) >= 11 is 3.38. The molecular formula is C16H15BrF3N. The van der Waals surface area contributed by atoms with Gasteiger partial charge >= 0.3 is 6.18 Å². The van der Waals surface area contributed by atoms with Gasteiger partial charge < -0.3 is 5.32 Å². The third kappa shape index (κ3) is 4.32. The second-order valence-electron chi connectivity index (χ2n) is 4.82. The Bertz CT molecular complexity index is 610. The molecule has 0 aliphatic carbocycles.